The number of rotatable bonds is 6. The Balaban J connectivity index is 1.75. The molecule has 3 rings (SSSR count). The van der Waals surface area contributed by atoms with Crippen LogP contribution >= 0.6 is 11.3 Å². The molecule has 0 aliphatic heterocycles. The van der Waals surface area contributed by atoms with E-state index in [9.17, 15) is 4.79 Å². The van der Waals surface area contributed by atoms with E-state index in [1.807, 2.05) is 13.8 Å². The zero-order chi connectivity index (χ0) is 16.9. The van der Waals surface area contributed by atoms with Gasteiger partial charge in [0.2, 0.25) is 0 Å². The Kier molecular flexibility index (Phi) is 4.90. The van der Waals surface area contributed by atoms with Gasteiger partial charge in [-0.05, 0) is 19.4 Å². The molecule has 124 valence electrons. The Labute approximate surface area is 143 Å². The molecule has 0 fully saturated rings. The monoisotopic (exact) mass is 343 g/mol. The van der Waals surface area contributed by atoms with Gasteiger partial charge in [0.25, 0.3) is 5.91 Å². The Morgan fingerprint density at radius 2 is 2.17 bits per heavy atom. The van der Waals surface area contributed by atoms with E-state index < -0.39 is 0 Å². The number of aryl methyl sites for hydroxylation is 1. The molecule has 9 heteroatoms. The van der Waals surface area contributed by atoms with Crippen LogP contribution in [0, 0.1) is 0 Å². The second-order valence-corrected chi connectivity index (χ2v) is 6.21. The van der Waals surface area contributed by atoms with Crippen molar-refractivity contribution in [3.8, 4) is 10.8 Å². The van der Waals surface area contributed by atoms with E-state index in [2.05, 4.69) is 30.4 Å². The first-order valence-electron chi connectivity index (χ1n) is 7.57. The lowest BCUT2D eigenvalue weighted by Crippen LogP contribution is -2.35. The molecule has 8 nitrogen and oxygen atoms in total. The predicted octanol–water partition coefficient (Wildman–Crippen LogP) is 1.57. The Hall–Kier alpha value is -2.68. The van der Waals surface area contributed by atoms with Crippen molar-refractivity contribution >= 4 is 17.2 Å². The van der Waals surface area contributed by atoms with Crippen LogP contribution in [-0.4, -0.2) is 41.7 Å². The van der Waals surface area contributed by atoms with Crippen LogP contribution in [0.25, 0.3) is 10.8 Å². The third-order valence-corrected chi connectivity index (χ3v) is 4.39. The summed E-state index contributed by atoms with van der Waals surface area (Å²) in [6.45, 7) is 4.45. The second-order valence-electron chi connectivity index (χ2n) is 5.21. The minimum absolute atomic E-state index is 0.0811. The maximum Gasteiger partial charge on any atom is 0.263 e. The fourth-order valence-corrected chi connectivity index (χ4v) is 3.22. The number of carbonyl (C=O) groups is 1. The first-order chi connectivity index (χ1) is 11.7. The van der Waals surface area contributed by atoms with E-state index in [4.69, 9.17) is 0 Å². The van der Waals surface area contributed by atoms with Crippen molar-refractivity contribution in [3.63, 3.8) is 0 Å². The summed E-state index contributed by atoms with van der Waals surface area (Å²) in [7, 11) is 0. The van der Waals surface area contributed by atoms with E-state index in [1.165, 1.54) is 17.7 Å². The van der Waals surface area contributed by atoms with Crippen LogP contribution in [0.5, 0.6) is 0 Å². The number of aromatic nitrogens is 6. The highest BCUT2D eigenvalue weighted by molar-refractivity contribution is 7.17. The van der Waals surface area contributed by atoms with Gasteiger partial charge in [0.15, 0.2) is 10.8 Å². The second kappa shape index (κ2) is 7.26. The standard InChI is InChI=1S/C15H17N7OS/c1-3-11-12(24-15(21-11)13-17-5-4-6-18-13)14(23)20-10(2)7-22-9-16-8-19-22/h4-6,8-10H,3,7H2,1-2H3,(H,20,23). The molecule has 0 radical (unpaired) electrons. The highest BCUT2D eigenvalue weighted by atomic mass is 32.1. The van der Waals surface area contributed by atoms with Crippen LogP contribution in [0.2, 0.25) is 0 Å². The molecule has 0 aliphatic rings. The molecular weight excluding hydrogens is 326 g/mol. The normalized spacial score (nSPS) is 12.1. The summed E-state index contributed by atoms with van der Waals surface area (Å²) in [5.41, 5.74) is 0.757. The smallest absolute Gasteiger partial charge is 0.263 e. The van der Waals surface area contributed by atoms with Crippen molar-refractivity contribution < 1.29 is 4.79 Å². The van der Waals surface area contributed by atoms with Gasteiger partial charge in [-0.1, -0.05) is 6.92 Å². The van der Waals surface area contributed by atoms with Crippen LogP contribution in [0.15, 0.2) is 31.1 Å². The zero-order valence-corrected chi connectivity index (χ0v) is 14.2. The molecule has 0 aromatic carbocycles. The Morgan fingerprint density at radius 1 is 1.38 bits per heavy atom. The van der Waals surface area contributed by atoms with Crippen LogP contribution in [0.4, 0.5) is 0 Å². The van der Waals surface area contributed by atoms with E-state index in [0.717, 1.165) is 5.69 Å². The van der Waals surface area contributed by atoms with Gasteiger partial charge in [0.1, 0.15) is 17.5 Å². The molecule has 1 N–H and O–H groups in total. The third-order valence-electron chi connectivity index (χ3n) is 3.30. The van der Waals surface area contributed by atoms with Gasteiger partial charge in [0.05, 0.1) is 12.2 Å². The predicted molar refractivity (Wildman–Crippen MR) is 89.5 cm³/mol. The molecule has 3 aromatic rings. The fraction of sp³-hybridized carbons (Fsp3) is 0.333. The quantitative estimate of drug-likeness (QED) is 0.729. The molecule has 0 spiro atoms. The molecule has 3 heterocycles. The van der Waals surface area contributed by atoms with Gasteiger partial charge in [-0.2, -0.15) is 5.10 Å². The first-order valence-corrected chi connectivity index (χ1v) is 8.39. The summed E-state index contributed by atoms with van der Waals surface area (Å²) in [5.74, 6) is 0.395. The summed E-state index contributed by atoms with van der Waals surface area (Å²) >= 11 is 1.31. The third kappa shape index (κ3) is 3.62. The minimum Gasteiger partial charge on any atom is -0.347 e. The lowest BCUT2D eigenvalue weighted by molar-refractivity contribution is 0.0939. The summed E-state index contributed by atoms with van der Waals surface area (Å²) < 4.78 is 1.68. The SMILES string of the molecule is CCc1nc(-c2ncccn2)sc1C(=O)NC(C)Cn1cncn1. The number of nitrogens with zero attached hydrogens (tertiary/aromatic N) is 6. The topological polar surface area (TPSA) is 98.5 Å². The lowest BCUT2D eigenvalue weighted by Gasteiger charge is -2.13. The van der Waals surface area contributed by atoms with E-state index >= 15 is 0 Å². The number of thiazole rings is 1. The summed E-state index contributed by atoms with van der Waals surface area (Å²) in [5, 5.41) is 7.67. The summed E-state index contributed by atoms with van der Waals surface area (Å²) in [6.07, 6.45) is 7.09. The fourth-order valence-electron chi connectivity index (χ4n) is 2.22. The molecule has 0 aliphatic carbocycles. The maximum atomic E-state index is 12.6. The maximum absolute atomic E-state index is 12.6. The number of carbonyl (C=O) groups excluding carboxylic acids is 1. The van der Waals surface area contributed by atoms with Gasteiger partial charge < -0.3 is 5.32 Å². The minimum atomic E-state index is -0.140. The van der Waals surface area contributed by atoms with Crippen molar-refractivity contribution in [1.82, 2.24) is 35.0 Å². The van der Waals surface area contributed by atoms with Crippen molar-refractivity contribution in [2.24, 2.45) is 0 Å². The average molecular weight is 343 g/mol. The number of hydrogen-bond donors (Lipinski definition) is 1. The molecule has 0 saturated carbocycles. The highest BCUT2D eigenvalue weighted by Crippen LogP contribution is 2.26. The number of nitrogens with one attached hydrogen (secondary N) is 1. The summed E-state index contributed by atoms with van der Waals surface area (Å²) in [4.78, 5) is 30.0. The molecular formula is C15H17N7OS. The Morgan fingerprint density at radius 3 is 2.83 bits per heavy atom. The lowest BCUT2D eigenvalue weighted by atomic mass is 10.2. The van der Waals surface area contributed by atoms with Crippen LogP contribution in [-0.2, 0) is 13.0 Å². The molecule has 1 amide bonds. The highest BCUT2D eigenvalue weighted by Gasteiger charge is 2.20. The summed E-state index contributed by atoms with van der Waals surface area (Å²) in [6, 6.07) is 1.67. The molecule has 3 aromatic heterocycles. The van der Waals surface area contributed by atoms with Crippen LogP contribution < -0.4 is 5.32 Å². The molecule has 1 unspecified atom stereocenters. The van der Waals surface area contributed by atoms with Gasteiger partial charge in [-0.25, -0.2) is 19.9 Å². The molecule has 0 bridgehead atoms. The van der Waals surface area contributed by atoms with Crippen LogP contribution in [0.1, 0.15) is 29.2 Å². The van der Waals surface area contributed by atoms with E-state index in [0.29, 0.717) is 28.7 Å². The average Bonchev–Trinajstić information content (AvgIpc) is 3.24. The van der Waals surface area contributed by atoms with Crippen molar-refractivity contribution in [3.05, 3.63) is 41.7 Å². The van der Waals surface area contributed by atoms with Crippen LogP contribution in [0.3, 0.4) is 0 Å². The number of hydrogen-bond acceptors (Lipinski definition) is 7. The van der Waals surface area contributed by atoms with Gasteiger partial charge >= 0.3 is 0 Å². The van der Waals surface area contributed by atoms with Crippen molar-refractivity contribution in [2.75, 3.05) is 0 Å². The van der Waals surface area contributed by atoms with Crippen molar-refractivity contribution in [2.45, 2.75) is 32.9 Å². The first kappa shape index (κ1) is 16.2. The molecule has 1 atom stereocenters. The number of amides is 1. The van der Waals surface area contributed by atoms with Gasteiger partial charge in [-0.3, -0.25) is 9.48 Å². The van der Waals surface area contributed by atoms with Crippen molar-refractivity contribution in [1.29, 1.82) is 0 Å². The molecule has 24 heavy (non-hydrogen) atoms. The van der Waals surface area contributed by atoms with E-state index in [-0.39, 0.29) is 11.9 Å². The van der Waals surface area contributed by atoms with Gasteiger partial charge in [-0.15, -0.1) is 11.3 Å². The Bertz CT molecular complexity index is 801. The molecule has 0 saturated heterocycles. The van der Waals surface area contributed by atoms with Gasteiger partial charge in [0, 0.05) is 18.4 Å². The van der Waals surface area contributed by atoms with E-state index in [1.54, 1.807) is 29.5 Å². The largest absolute Gasteiger partial charge is 0.347 e. The zero-order valence-electron chi connectivity index (χ0n) is 13.4.